The second-order valence-corrected chi connectivity index (χ2v) is 11.1. The van der Waals surface area contributed by atoms with Crippen LogP contribution in [0.15, 0.2) is 0 Å². The summed E-state index contributed by atoms with van der Waals surface area (Å²) in [5.41, 5.74) is -1.12. The number of piperazine rings is 1. The number of urea groups is 1. The Hall–Kier alpha value is -1.71. The number of halogens is 4. The predicted octanol–water partition coefficient (Wildman–Crippen LogP) is 3.22. The summed E-state index contributed by atoms with van der Waals surface area (Å²) in [4.78, 5) is 43.9. The molecule has 1 N–H and O–H groups in total. The molecule has 4 amide bonds. The molecule has 2 heterocycles. The molecule has 4 aliphatic rings. The van der Waals surface area contributed by atoms with Crippen LogP contribution in [0.4, 0.5) is 18.0 Å². The molecule has 0 bridgehead atoms. The first-order valence-corrected chi connectivity index (χ1v) is 12.7. The largest absolute Gasteiger partial charge is 0.391 e. The number of hydrogen-bond acceptors (Lipinski definition) is 3. The molecule has 0 radical (unpaired) electrons. The lowest BCUT2D eigenvalue weighted by Crippen LogP contribution is -2.82. The summed E-state index contributed by atoms with van der Waals surface area (Å²) in [6.45, 7) is 0.974. The van der Waals surface area contributed by atoms with Gasteiger partial charge in [0.05, 0.1) is 25.6 Å². The molecule has 0 atom stereocenters. The van der Waals surface area contributed by atoms with Crippen LogP contribution in [-0.2, 0) is 9.59 Å². The summed E-state index contributed by atoms with van der Waals surface area (Å²) in [6, 6.07) is -0.311. The fourth-order valence-corrected chi connectivity index (χ4v) is 6.38. The highest BCUT2D eigenvalue weighted by Crippen LogP contribution is 2.42. The number of hydrogen-bond donors (Lipinski definition) is 1. The molecule has 2 saturated carbocycles. The van der Waals surface area contributed by atoms with E-state index in [4.69, 9.17) is 11.6 Å². The first-order chi connectivity index (χ1) is 16.0. The van der Waals surface area contributed by atoms with Gasteiger partial charge in [0, 0.05) is 25.5 Å². The first kappa shape index (κ1) is 25.4. The van der Waals surface area contributed by atoms with E-state index < -0.39 is 17.6 Å². The number of alkyl halides is 4. The molecule has 0 unspecified atom stereocenters. The van der Waals surface area contributed by atoms with Crippen LogP contribution in [0.2, 0.25) is 0 Å². The smallest absolute Gasteiger partial charge is 0.341 e. The van der Waals surface area contributed by atoms with Gasteiger partial charge in [-0.3, -0.25) is 9.59 Å². The lowest BCUT2D eigenvalue weighted by molar-refractivity contribution is -0.187. The van der Waals surface area contributed by atoms with Crippen molar-refractivity contribution >= 4 is 29.4 Å². The summed E-state index contributed by atoms with van der Waals surface area (Å²) >= 11 is 6.21. The van der Waals surface area contributed by atoms with Crippen LogP contribution in [-0.4, -0.2) is 89.4 Å². The van der Waals surface area contributed by atoms with Crippen molar-refractivity contribution in [3.63, 3.8) is 0 Å². The van der Waals surface area contributed by atoms with Crippen LogP contribution in [0.5, 0.6) is 0 Å². The molecule has 11 heteroatoms. The molecule has 192 valence electrons. The molecule has 1 spiro atoms. The van der Waals surface area contributed by atoms with Gasteiger partial charge in [-0.1, -0.05) is 0 Å². The van der Waals surface area contributed by atoms with E-state index in [9.17, 15) is 27.6 Å². The Morgan fingerprint density at radius 2 is 1.56 bits per heavy atom. The van der Waals surface area contributed by atoms with Crippen molar-refractivity contribution in [1.82, 2.24) is 20.0 Å². The molecule has 2 aliphatic heterocycles. The summed E-state index contributed by atoms with van der Waals surface area (Å²) in [7, 11) is 1.51. The molecule has 7 nitrogen and oxygen atoms in total. The van der Waals surface area contributed by atoms with Crippen LogP contribution < -0.4 is 5.32 Å². The molecule has 2 saturated heterocycles. The fourth-order valence-electron chi connectivity index (χ4n) is 6.13. The molecule has 4 fully saturated rings. The number of carbonyl (C=O) groups excluding carboxylic acids is 3. The van der Waals surface area contributed by atoms with Crippen molar-refractivity contribution in [3.05, 3.63) is 0 Å². The normalized spacial score (nSPS) is 32.1. The third-order valence-corrected chi connectivity index (χ3v) is 8.68. The van der Waals surface area contributed by atoms with Gasteiger partial charge in [0.25, 0.3) is 5.91 Å². The third kappa shape index (κ3) is 4.97. The summed E-state index contributed by atoms with van der Waals surface area (Å²) in [6.07, 6.45) is 0.286. The quantitative estimate of drug-likeness (QED) is 0.595. The maximum Gasteiger partial charge on any atom is 0.391 e. The number of likely N-dealkylation sites (tertiary alicyclic amines) is 1. The number of rotatable bonds is 4. The fraction of sp³-hybridized carbons (Fsp3) is 0.870. The van der Waals surface area contributed by atoms with Crippen LogP contribution in [0.3, 0.4) is 0 Å². The molecular formula is C23H34ClF3N4O3. The van der Waals surface area contributed by atoms with Crippen molar-refractivity contribution in [3.8, 4) is 0 Å². The lowest BCUT2D eigenvalue weighted by atomic mass is 9.78. The van der Waals surface area contributed by atoms with Crippen LogP contribution in [0.25, 0.3) is 0 Å². The zero-order chi connectivity index (χ0) is 24.7. The van der Waals surface area contributed by atoms with Gasteiger partial charge in [-0.15, -0.1) is 11.6 Å². The molecule has 0 aromatic rings. The van der Waals surface area contributed by atoms with Gasteiger partial charge in [-0.05, 0) is 63.2 Å². The molecule has 0 aromatic carbocycles. The van der Waals surface area contributed by atoms with E-state index in [1.54, 1.807) is 9.80 Å². The van der Waals surface area contributed by atoms with Crippen LogP contribution >= 0.6 is 11.6 Å². The van der Waals surface area contributed by atoms with Gasteiger partial charge in [0.15, 0.2) is 5.54 Å². The van der Waals surface area contributed by atoms with E-state index in [2.05, 4.69) is 5.32 Å². The standard InChI is InChI=1S/C23H34ClF3N4O3/c1-28-21(34)30-13-22(14-30)20(33)29(10-15-4-8-18(24)9-5-15)12-19(32)31(22)11-16-2-6-17(7-3-16)23(25,26)27/h15-18H,2-14H2,1H3,(H,28,34). The maximum absolute atomic E-state index is 13.7. The van der Waals surface area contributed by atoms with Crippen LogP contribution in [0.1, 0.15) is 51.4 Å². The van der Waals surface area contributed by atoms with Gasteiger partial charge >= 0.3 is 12.2 Å². The van der Waals surface area contributed by atoms with Gasteiger partial charge in [-0.25, -0.2) is 4.79 Å². The van der Waals surface area contributed by atoms with Crippen molar-refractivity contribution in [1.29, 1.82) is 0 Å². The number of nitrogens with zero attached hydrogens (tertiary/aromatic N) is 3. The summed E-state index contributed by atoms with van der Waals surface area (Å²) < 4.78 is 39.2. The second-order valence-electron chi connectivity index (χ2n) is 10.5. The van der Waals surface area contributed by atoms with Crippen LogP contribution in [0, 0.1) is 17.8 Å². The van der Waals surface area contributed by atoms with E-state index in [1.165, 1.54) is 11.9 Å². The minimum absolute atomic E-state index is 0.0146. The van der Waals surface area contributed by atoms with Crippen molar-refractivity contribution in [2.24, 2.45) is 17.8 Å². The Kier molecular flexibility index (Phi) is 7.27. The van der Waals surface area contributed by atoms with E-state index in [1.807, 2.05) is 0 Å². The highest BCUT2D eigenvalue weighted by Gasteiger charge is 2.61. The molecular weight excluding hydrogens is 473 g/mol. The third-order valence-electron chi connectivity index (χ3n) is 8.24. The maximum atomic E-state index is 13.7. The van der Waals surface area contributed by atoms with E-state index >= 15 is 0 Å². The first-order valence-electron chi connectivity index (χ1n) is 12.3. The predicted molar refractivity (Wildman–Crippen MR) is 120 cm³/mol. The molecule has 2 aliphatic carbocycles. The minimum atomic E-state index is -4.19. The van der Waals surface area contributed by atoms with Crippen molar-refractivity contribution in [2.45, 2.75) is 68.5 Å². The van der Waals surface area contributed by atoms with Gasteiger partial charge in [-0.2, -0.15) is 13.2 Å². The summed E-state index contributed by atoms with van der Waals surface area (Å²) in [5, 5.41) is 2.71. The zero-order valence-electron chi connectivity index (χ0n) is 19.6. The number of nitrogens with one attached hydrogen (secondary N) is 1. The van der Waals surface area contributed by atoms with Gasteiger partial charge in [0.1, 0.15) is 0 Å². The van der Waals surface area contributed by atoms with Crippen molar-refractivity contribution < 1.29 is 27.6 Å². The highest BCUT2D eigenvalue weighted by molar-refractivity contribution is 6.20. The lowest BCUT2D eigenvalue weighted by Gasteiger charge is -2.58. The zero-order valence-corrected chi connectivity index (χ0v) is 20.3. The molecule has 0 aromatic heterocycles. The Balaban J connectivity index is 1.46. The second kappa shape index (κ2) is 9.74. The number of carbonyl (C=O) groups is 3. The van der Waals surface area contributed by atoms with Gasteiger partial charge in [0.2, 0.25) is 5.91 Å². The number of amides is 4. The Morgan fingerprint density at radius 1 is 1.00 bits per heavy atom. The molecule has 34 heavy (non-hydrogen) atoms. The monoisotopic (exact) mass is 506 g/mol. The Morgan fingerprint density at radius 3 is 2.12 bits per heavy atom. The van der Waals surface area contributed by atoms with Crippen molar-refractivity contribution in [2.75, 3.05) is 39.8 Å². The van der Waals surface area contributed by atoms with E-state index in [-0.39, 0.29) is 68.2 Å². The van der Waals surface area contributed by atoms with Gasteiger partial charge < -0.3 is 20.0 Å². The molecule has 4 rings (SSSR count). The SMILES string of the molecule is CNC(=O)N1CC2(C1)C(=O)N(CC1CCC(Cl)CC1)CC(=O)N2CC1CCC(C(F)(F)F)CC1. The summed E-state index contributed by atoms with van der Waals surface area (Å²) in [5.74, 6) is -1.40. The highest BCUT2D eigenvalue weighted by atomic mass is 35.5. The Bertz CT molecular complexity index is 789. The topological polar surface area (TPSA) is 73.0 Å². The Labute approximate surface area is 203 Å². The van der Waals surface area contributed by atoms with E-state index in [0.29, 0.717) is 25.3 Å². The van der Waals surface area contributed by atoms with E-state index in [0.717, 1.165) is 25.7 Å². The average Bonchev–Trinajstić information content (AvgIpc) is 2.77. The average molecular weight is 507 g/mol. The minimum Gasteiger partial charge on any atom is -0.341 e.